The lowest BCUT2D eigenvalue weighted by molar-refractivity contribution is -0.0590. The van der Waals surface area contributed by atoms with E-state index >= 15 is 0 Å². The molecule has 1 aromatic heterocycles. The molecule has 8 nitrogen and oxygen atoms in total. The van der Waals surface area contributed by atoms with Crippen LogP contribution in [-0.4, -0.2) is 51.3 Å². The Bertz CT molecular complexity index is 532. The summed E-state index contributed by atoms with van der Waals surface area (Å²) in [6, 6.07) is 1.42. The van der Waals surface area contributed by atoms with Crippen LogP contribution in [0.25, 0.3) is 0 Å². The summed E-state index contributed by atoms with van der Waals surface area (Å²) in [5.41, 5.74) is 4.76. The molecule has 0 aromatic carbocycles. The Balaban J connectivity index is 2.25. The lowest BCUT2D eigenvalue weighted by Gasteiger charge is -2.19. The summed E-state index contributed by atoms with van der Waals surface area (Å²) in [4.78, 5) is 15.3. The van der Waals surface area contributed by atoms with Crippen LogP contribution < -0.4 is 11.4 Å². The van der Waals surface area contributed by atoms with Gasteiger partial charge in [0.2, 0.25) is 0 Å². The molecule has 0 radical (unpaired) electrons. The summed E-state index contributed by atoms with van der Waals surface area (Å²) < 4.78 is 11.9. The van der Waals surface area contributed by atoms with Crippen molar-refractivity contribution in [3.05, 3.63) is 35.4 Å². The highest BCUT2D eigenvalue weighted by molar-refractivity contribution is 5.23. The molecule has 1 fully saturated rings. The smallest absolute Gasteiger partial charge is 0.351 e. The fraction of sp³-hybridized carbons (Fsp3) is 0.500. The van der Waals surface area contributed by atoms with Crippen molar-refractivity contribution in [1.82, 2.24) is 9.55 Å². The summed E-state index contributed by atoms with van der Waals surface area (Å²) >= 11 is 0. The second-order valence-corrected chi connectivity index (χ2v) is 4.37. The van der Waals surface area contributed by atoms with E-state index in [0.29, 0.717) is 0 Å². The first-order valence-corrected chi connectivity index (χ1v) is 6.10. The molecule has 2 unspecified atom stereocenters. The predicted octanol–water partition coefficient (Wildman–Crippen LogP) is -1.35. The minimum Gasteiger partial charge on any atom is -0.394 e. The van der Waals surface area contributed by atoms with Crippen molar-refractivity contribution in [2.45, 2.75) is 24.5 Å². The van der Waals surface area contributed by atoms with Crippen LogP contribution in [-0.2, 0) is 9.47 Å². The van der Waals surface area contributed by atoms with Gasteiger partial charge in [-0.2, -0.15) is 4.98 Å². The lowest BCUT2D eigenvalue weighted by atomic mass is 10.1. The number of anilines is 1. The average Bonchev–Trinajstić information content (AvgIpc) is 2.73. The van der Waals surface area contributed by atoms with E-state index in [-0.39, 0.29) is 19.0 Å². The predicted molar refractivity (Wildman–Crippen MR) is 69.8 cm³/mol. The monoisotopic (exact) mass is 283 g/mol. The van der Waals surface area contributed by atoms with Crippen molar-refractivity contribution < 1.29 is 19.7 Å². The van der Waals surface area contributed by atoms with Gasteiger partial charge in [0.25, 0.3) is 0 Å². The summed E-state index contributed by atoms with van der Waals surface area (Å²) in [6.07, 6.45) is -0.696. The first-order chi connectivity index (χ1) is 9.58. The zero-order chi connectivity index (χ0) is 14.7. The van der Waals surface area contributed by atoms with E-state index in [9.17, 15) is 15.0 Å². The van der Waals surface area contributed by atoms with E-state index in [1.165, 1.54) is 18.3 Å². The van der Waals surface area contributed by atoms with Crippen LogP contribution in [0.4, 0.5) is 5.82 Å². The van der Waals surface area contributed by atoms with E-state index in [2.05, 4.69) is 11.6 Å². The van der Waals surface area contributed by atoms with Crippen LogP contribution in [0.2, 0.25) is 0 Å². The molecule has 1 aromatic rings. The van der Waals surface area contributed by atoms with Gasteiger partial charge in [-0.3, -0.25) is 4.57 Å². The molecular formula is C12H17N3O5. The largest absolute Gasteiger partial charge is 0.394 e. The fourth-order valence-corrected chi connectivity index (χ4v) is 2.10. The second kappa shape index (κ2) is 6.14. The SMILES string of the molecule is C=CCOC1C(O)[C@H](n2ccc(N)nc2=O)O[C@@H]1CO. The Morgan fingerprint density at radius 1 is 1.65 bits per heavy atom. The van der Waals surface area contributed by atoms with Gasteiger partial charge in [0.15, 0.2) is 6.23 Å². The van der Waals surface area contributed by atoms with Gasteiger partial charge in [0, 0.05) is 6.20 Å². The zero-order valence-corrected chi connectivity index (χ0v) is 10.8. The summed E-state index contributed by atoms with van der Waals surface area (Å²) in [6.45, 7) is 3.37. The van der Waals surface area contributed by atoms with Crippen molar-refractivity contribution in [3.8, 4) is 0 Å². The fourth-order valence-electron chi connectivity index (χ4n) is 2.10. The Labute approximate surface area is 115 Å². The number of rotatable bonds is 5. The van der Waals surface area contributed by atoms with Gasteiger partial charge in [0.1, 0.15) is 24.1 Å². The lowest BCUT2D eigenvalue weighted by Crippen LogP contribution is -2.38. The Morgan fingerprint density at radius 3 is 3.00 bits per heavy atom. The number of aliphatic hydroxyl groups excluding tert-OH is 2. The standard InChI is InChI=1S/C12H17N3O5/c1-2-5-19-10-7(6-16)20-11(9(10)17)15-4-3-8(13)14-12(15)18/h2-4,7,9-11,16-17H,1,5-6H2,(H2,13,14,18)/t7-,9?,10?,11-/m1/s1. The Morgan fingerprint density at radius 2 is 2.40 bits per heavy atom. The van der Waals surface area contributed by atoms with Gasteiger partial charge in [-0.05, 0) is 6.07 Å². The maximum atomic E-state index is 11.7. The normalized spacial score (nSPS) is 29.5. The van der Waals surface area contributed by atoms with Crippen LogP contribution in [0.5, 0.6) is 0 Å². The van der Waals surface area contributed by atoms with Gasteiger partial charge >= 0.3 is 5.69 Å². The van der Waals surface area contributed by atoms with Gasteiger partial charge < -0.3 is 25.4 Å². The number of nitrogens with zero attached hydrogens (tertiary/aromatic N) is 2. The van der Waals surface area contributed by atoms with E-state index < -0.39 is 30.2 Å². The topological polar surface area (TPSA) is 120 Å². The average molecular weight is 283 g/mol. The van der Waals surface area contributed by atoms with E-state index in [0.717, 1.165) is 4.57 Å². The molecule has 0 saturated carbocycles. The third-order valence-electron chi connectivity index (χ3n) is 3.02. The molecule has 20 heavy (non-hydrogen) atoms. The molecule has 0 spiro atoms. The number of nitrogen functional groups attached to an aromatic ring is 1. The minimum absolute atomic E-state index is 0.0805. The molecule has 4 atom stereocenters. The van der Waals surface area contributed by atoms with Crippen LogP contribution in [0.3, 0.4) is 0 Å². The molecule has 0 aliphatic carbocycles. The molecule has 1 saturated heterocycles. The number of ether oxygens (including phenoxy) is 2. The molecule has 2 heterocycles. The van der Waals surface area contributed by atoms with Crippen molar-refractivity contribution in [2.24, 2.45) is 0 Å². The highest BCUT2D eigenvalue weighted by atomic mass is 16.6. The number of nitrogens with two attached hydrogens (primary N) is 1. The molecule has 0 amide bonds. The molecule has 2 rings (SSSR count). The van der Waals surface area contributed by atoms with Gasteiger partial charge in [-0.1, -0.05) is 6.08 Å². The van der Waals surface area contributed by atoms with Gasteiger partial charge in [-0.15, -0.1) is 6.58 Å². The van der Waals surface area contributed by atoms with Crippen LogP contribution in [0.1, 0.15) is 6.23 Å². The third-order valence-corrected chi connectivity index (χ3v) is 3.02. The summed E-state index contributed by atoms with van der Waals surface area (Å²) in [7, 11) is 0. The third kappa shape index (κ3) is 2.73. The van der Waals surface area contributed by atoms with Crippen molar-refractivity contribution in [3.63, 3.8) is 0 Å². The molecule has 4 N–H and O–H groups in total. The molecule has 0 bridgehead atoms. The molecule has 1 aliphatic rings. The maximum Gasteiger partial charge on any atom is 0.351 e. The van der Waals surface area contributed by atoms with Crippen LogP contribution in [0.15, 0.2) is 29.7 Å². The van der Waals surface area contributed by atoms with Crippen LogP contribution >= 0.6 is 0 Å². The van der Waals surface area contributed by atoms with Gasteiger partial charge in [-0.25, -0.2) is 4.79 Å². The van der Waals surface area contributed by atoms with E-state index in [4.69, 9.17) is 15.2 Å². The summed E-state index contributed by atoms with van der Waals surface area (Å²) in [5, 5.41) is 19.5. The first kappa shape index (κ1) is 14.7. The number of aliphatic hydroxyl groups is 2. The van der Waals surface area contributed by atoms with Crippen molar-refractivity contribution in [2.75, 3.05) is 18.9 Å². The first-order valence-electron chi connectivity index (χ1n) is 6.10. The van der Waals surface area contributed by atoms with Crippen molar-refractivity contribution >= 4 is 5.82 Å². The zero-order valence-electron chi connectivity index (χ0n) is 10.8. The number of hydrogen-bond acceptors (Lipinski definition) is 7. The van der Waals surface area contributed by atoms with E-state index in [1.54, 1.807) is 0 Å². The summed E-state index contributed by atoms with van der Waals surface area (Å²) in [5.74, 6) is 0.0805. The number of aromatic nitrogens is 2. The van der Waals surface area contributed by atoms with E-state index in [1.807, 2.05) is 0 Å². The highest BCUT2D eigenvalue weighted by Crippen LogP contribution is 2.30. The van der Waals surface area contributed by atoms with Gasteiger partial charge in [0.05, 0.1) is 13.2 Å². The molecular weight excluding hydrogens is 266 g/mol. The van der Waals surface area contributed by atoms with Crippen LogP contribution in [0, 0.1) is 0 Å². The maximum absolute atomic E-state index is 11.7. The molecule has 110 valence electrons. The molecule has 8 heteroatoms. The molecule has 1 aliphatic heterocycles. The highest BCUT2D eigenvalue weighted by Gasteiger charge is 2.45. The van der Waals surface area contributed by atoms with Crippen molar-refractivity contribution in [1.29, 1.82) is 0 Å². The minimum atomic E-state index is -1.12. The number of hydrogen-bond donors (Lipinski definition) is 3. The quantitative estimate of drug-likeness (QED) is 0.571. The second-order valence-electron chi connectivity index (χ2n) is 4.37. The Hall–Kier alpha value is -1.74. The Kier molecular flexibility index (Phi) is 4.50.